The van der Waals surface area contributed by atoms with E-state index in [-0.39, 0.29) is 11.5 Å². The minimum absolute atomic E-state index is 0.215. The second-order valence-corrected chi connectivity index (χ2v) is 4.57. The van der Waals surface area contributed by atoms with Gasteiger partial charge in [0, 0.05) is 25.9 Å². The average molecular weight is 245 g/mol. The molecule has 0 atom stereocenters. The van der Waals surface area contributed by atoms with Crippen molar-refractivity contribution in [1.29, 1.82) is 0 Å². The number of carbonyl (C=O) groups is 1. The second-order valence-electron chi connectivity index (χ2n) is 4.57. The molecule has 5 nitrogen and oxygen atoms in total. The normalized spacial score (nSPS) is 17.5. The molecule has 1 aliphatic rings. The van der Waals surface area contributed by atoms with Gasteiger partial charge in [-0.15, -0.1) is 0 Å². The monoisotopic (exact) mass is 245 g/mol. The Morgan fingerprint density at radius 3 is 2.59 bits per heavy atom. The average Bonchev–Trinajstić information content (AvgIpc) is 2.26. The van der Waals surface area contributed by atoms with Crippen molar-refractivity contribution >= 4 is 5.97 Å². The van der Waals surface area contributed by atoms with Crippen molar-refractivity contribution < 1.29 is 19.0 Å². The van der Waals surface area contributed by atoms with Crippen molar-refractivity contribution in [3.05, 3.63) is 0 Å². The van der Waals surface area contributed by atoms with E-state index >= 15 is 0 Å². The van der Waals surface area contributed by atoms with Gasteiger partial charge in [0.25, 0.3) is 0 Å². The van der Waals surface area contributed by atoms with Gasteiger partial charge < -0.3 is 19.9 Å². The Morgan fingerprint density at radius 1 is 1.24 bits per heavy atom. The van der Waals surface area contributed by atoms with E-state index in [0.717, 1.165) is 25.7 Å². The SMILES string of the molecule is COCCCOCCOC(=O)CC1(N)CCC1. The number of esters is 1. The maximum atomic E-state index is 11.4. The fourth-order valence-corrected chi connectivity index (χ4v) is 1.77. The van der Waals surface area contributed by atoms with Crippen molar-refractivity contribution in [2.24, 2.45) is 5.73 Å². The number of carbonyl (C=O) groups excluding carboxylic acids is 1. The summed E-state index contributed by atoms with van der Waals surface area (Å²) < 4.78 is 15.2. The highest BCUT2D eigenvalue weighted by Gasteiger charge is 2.35. The zero-order valence-corrected chi connectivity index (χ0v) is 10.6. The Bertz CT molecular complexity index is 229. The third-order valence-corrected chi connectivity index (χ3v) is 2.97. The molecule has 0 saturated heterocycles. The summed E-state index contributed by atoms with van der Waals surface area (Å²) >= 11 is 0. The molecule has 0 bridgehead atoms. The molecule has 1 rings (SSSR count). The van der Waals surface area contributed by atoms with E-state index < -0.39 is 0 Å². The van der Waals surface area contributed by atoms with Crippen LogP contribution in [0.4, 0.5) is 0 Å². The largest absolute Gasteiger partial charge is 0.463 e. The third-order valence-electron chi connectivity index (χ3n) is 2.97. The van der Waals surface area contributed by atoms with E-state index in [1.807, 2.05) is 0 Å². The number of rotatable bonds is 9. The van der Waals surface area contributed by atoms with Gasteiger partial charge >= 0.3 is 5.97 Å². The molecule has 0 radical (unpaired) electrons. The van der Waals surface area contributed by atoms with Crippen LogP contribution in [-0.2, 0) is 19.0 Å². The molecule has 2 N–H and O–H groups in total. The molecule has 0 amide bonds. The summed E-state index contributed by atoms with van der Waals surface area (Å²) in [6, 6.07) is 0. The first-order valence-corrected chi connectivity index (χ1v) is 6.17. The van der Waals surface area contributed by atoms with Gasteiger partial charge in [-0.1, -0.05) is 0 Å². The molecular formula is C12H23NO4. The van der Waals surface area contributed by atoms with Gasteiger partial charge in [-0.05, 0) is 25.7 Å². The molecule has 0 aromatic carbocycles. The summed E-state index contributed by atoms with van der Waals surface area (Å²) in [5, 5.41) is 0. The van der Waals surface area contributed by atoms with E-state index in [2.05, 4.69) is 0 Å². The first kappa shape index (κ1) is 14.4. The van der Waals surface area contributed by atoms with Crippen molar-refractivity contribution in [3.8, 4) is 0 Å². The topological polar surface area (TPSA) is 70.8 Å². The molecule has 100 valence electrons. The number of methoxy groups -OCH3 is 1. The van der Waals surface area contributed by atoms with Crippen molar-refractivity contribution in [2.45, 2.75) is 37.6 Å². The molecule has 1 saturated carbocycles. The number of nitrogens with two attached hydrogens (primary N) is 1. The predicted octanol–water partition coefficient (Wildman–Crippen LogP) is 0.854. The maximum Gasteiger partial charge on any atom is 0.307 e. The highest BCUT2D eigenvalue weighted by atomic mass is 16.6. The van der Waals surface area contributed by atoms with Gasteiger partial charge in [0.1, 0.15) is 6.61 Å². The van der Waals surface area contributed by atoms with Gasteiger partial charge in [0.05, 0.1) is 13.0 Å². The molecule has 0 aromatic rings. The molecule has 0 heterocycles. The molecule has 0 unspecified atom stereocenters. The fourth-order valence-electron chi connectivity index (χ4n) is 1.77. The molecule has 0 spiro atoms. The third kappa shape index (κ3) is 6.00. The number of hydrogen-bond donors (Lipinski definition) is 1. The highest BCUT2D eigenvalue weighted by Crippen LogP contribution is 2.32. The zero-order chi connectivity index (χ0) is 12.6. The molecule has 1 fully saturated rings. The minimum Gasteiger partial charge on any atom is -0.463 e. The van der Waals surface area contributed by atoms with Crippen LogP contribution >= 0.6 is 0 Å². The van der Waals surface area contributed by atoms with Crippen molar-refractivity contribution in [1.82, 2.24) is 0 Å². The Morgan fingerprint density at radius 2 is 2.00 bits per heavy atom. The van der Waals surface area contributed by atoms with Crippen LogP contribution in [0.25, 0.3) is 0 Å². The molecular weight excluding hydrogens is 222 g/mol. The van der Waals surface area contributed by atoms with Gasteiger partial charge in [-0.2, -0.15) is 0 Å². The summed E-state index contributed by atoms with van der Waals surface area (Å²) in [6.45, 7) is 2.07. The zero-order valence-electron chi connectivity index (χ0n) is 10.6. The van der Waals surface area contributed by atoms with Crippen LogP contribution in [0, 0.1) is 0 Å². The minimum atomic E-state index is -0.295. The molecule has 17 heavy (non-hydrogen) atoms. The number of hydrogen-bond acceptors (Lipinski definition) is 5. The van der Waals surface area contributed by atoms with Crippen LogP contribution in [0.3, 0.4) is 0 Å². The quantitative estimate of drug-likeness (QED) is 0.482. The lowest BCUT2D eigenvalue weighted by Gasteiger charge is -2.37. The fraction of sp³-hybridized carbons (Fsp3) is 0.917. The Hall–Kier alpha value is -0.650. The Labute approximate surface area is 103 Å². The first-order chi connectivity index (χ1) is 8.16. The molecule has 0 aliphatic heterocycles. The van der Waals surface area contributed by atoms with Crippen LogP contribution in [-0.4, -0.2) is 45.0 Å². The summed E-state index contributed by atoms with van der Waals surface area (Å²) in [4.78, 5) is 11.4. The van der Waals surface area contributed by atoms with E-state index in [0.29, 0.717) is 32.8 Å². The van der Waals surface area contributed by atoms with Crippen LogP contribution < -0.4 is 5.73 Å². The maximum absolute atomic E-state index is 11.4. The smallest absolute Gasteiger partial charge is 0.307 e. The van der Waals surface area contributed by atoms with Crippen molar-refractivity contribution in [2.75, 3.05) is 33.5 Å². The summed E-state index contributed by atoms with van der Waals surface area (Å²) in [7, 11) is 1.66. The predicted molar refractivity (Wildman–Crippen MR) is 63.7 cm³/mol. The highest BCUT2D eigenvalue weighted by molar-refractivity contribution is 5.71. The Kier molecular flexibility index (Phi) is 6.47. The lowest BCUT2D eigenvalue weighted by molar-refractivity contribution is -0.147. The van der Waals surface area contributed by atoms with Gasteiger partial charge in [0.2, 0.25) is 0 Å². The second kappa shape index (κ2) is 7.63. The van der Waals surface area contributed by atoms with Gasteiger partial charge in [-0.3, -0.25) is 4.79 Å². The lowest BCUT2D eigenvalue weighted by Crippen LogP contribution is -2.48. The van der Waals surface area contributed by atoms with Crippen LogP contribution in [0.2, 0.25) is 0 Å². The van der Waals surface area contributed by atoms with E-state index in [4.69, 9.17) is 19.9 Å². The van der Waals surface area contributed by atoms with E-state index in [1.165, 1.54) is 0 Å². The van der Waals surface area contributed by atoms with Crippen LogP contribution in [0.1, 0.15) is 32.1 Å². The van der Waals surface area contributed by atoms with Gasteiger partial charge in [-0.25, -0.2) is 0 Å². The molecule has 1 aliphatic carbocycles. The summed E-state index contributed by atoms with van der Waals surface area (Å²) in [5.41, 5.74) is 5.65. The van der Waals surface area contributed by atoms with Gasteiger partial charge in [0.15, 0.2) is 0 Å². The Balaban J connectivity index is 1.90. The standard InChI is InChI=1S/C12H23NO4/c1-15-6-3-7-16-8-9-17-11(14)10-12(13)4-2-5-12/h2-10,13H2,1H3. The van der Waals surface area contributed by atoms with E-state index in [9.17, 15) is 4.79 Å². The van der Waals surface area contributed by atoms with Crippen LogP contribution in [0.15, 0.2) is 0 Å². The molecule has 5 heteroatoms. The summed E-state index contributed by atoms with van der Waals surface area (Å²) in [5.74, 6) is -0.215. The molecule has 0 aromatic heterocycles. The summed E-state index contributed by atoms with van der Waals surface area (Å²) in [6.07, 6.45) is 4.16. The first-order valence-electron chi connectivity index (χ1n) is 6.17. The lowest BCUT2D eigenvalue weighted by atomic mass is 9.75. The van der Waals surface area contributed by atoms with E-state index in [1.54, 1.807) is 7.11 Å². The number of ether oxygens (including phenoxy) is 3. The van der Waals surface area contributed by atoms with Crippen LogP contribution in [0.5, 0.6) is 0 Å². The van der Waals surface area contributed by atoms with Crippen molar-refractivity contribution in [3.63, 3.8) is 0 Å².